The molecule has 0 saturated carbocycles. The van der Waals surface area contributed by atoms with Crippen LogP contribution in [0, 0.1) is 0 Å². The van der Waals surface area contributed by atoms with Gasteiger partial charge in [0.15, 0.2) is 81.6 Å². The van der Waals surface area contributed by atoms with E-state index < -0.39 is 454 Å². The maximum Gasteiger partial charge on any atom is 0.187 e. The van der Waals surface area contributed by atoms with E-state index in [-0.39, 0.29) is 38.7 Å². The standard InChI is InChI=1S/C79H132O61/c80-8-20-54-32(92)42(102)68(116-20)130-56-22(10-82)120-72(46(106)36(56)96)134-60-26(14-86)124-76(50(110)40(60)100)138-64-30(18-90)126-78(136-62-28(16-88)122-74(48(108)38(62)98)132-58-24(12-84)118-70(128-54)44(104)34(58)94)52(112)66(64)114-6-4-2-1-3-5-7-115-140-67-53(113)79-127-31(19-91)65(67)139-77-51(111)41(101)61(27(15-87)125-77)135-73-47(107)37(97)57(23(11-83)121-73)131-69-43(103)33(93)55(21(9-81)117-69)129-71-45(105)35(95)59(25(13-85)119-71)133-75-49(109)39(99)63(137-79)29(17-89)123-75/h20-113H,1-19H2/t20-,21-,22-,23-,24-,25-,26-,27-,28-,29-,30-,31-,32-,33-,34-,35-,36-,37-,38-,39-,40-,41-,42-,43-,44-,45-,46-,47-,48-,49-,50-,51-,52-,53-,54-,55-,56-,57-,58-,59-,60-,61-,62-,63-,64+,65+,66-,67-,68-,69-,70-,71-,72-,73-,74-,75-,76-,77-,78-,79-/m1/s1. The van der Waals surface area contributed by atoms with Crippen molar-refractivity contribution in [2.24, 2.45) is 0 Å². The molecule has 0 spiro atoms. The molecule has 44 heterocycles. The Kier molecular flexibility index (Phi) is 40.6. The molecule has 34 N–H and O–H groups in total. The summed E-state index contributed by atoms with van der Waals surface area (Å²) in [7, 11) is 0. The van der Waals surface area contributed by atoms with Crippen LogP contribution in [0.25, 0.3) is 0 Å². The van der Waals surface area contributed by atoms with Crippen molar-refractivity contribution in [3.8, 4) is 0 Å². The highest BCUT2D eigenvalue weighted by Gasteiger charge is 2.64. The minimum Gasteiger partial charge on any atom is -0.394 e. The molecule has 0 aromatic heterocycles. The van der Waals surface area contributed by atoms with Gasteiger partial charge in [0.2, 0.25) is 0 Å². The summed E-state index contributed by atoms with van der Waals surface area (Å²) in [6.45, 7) is -14.0. The lowest BCUT2D eigenvalue weighted by molar-refractivity contribution is -0.430. The molecule has 60 atom stereocenters. The molecule has 61 heteroatoms. The van der Waals surface area contributed by atoms with Crippen LogP contribution >= 0.6 is 0 Å². The molecule has 44 aliphatic heterocycles. The Bertz CT molecular complexity index is 3420. The molecular formula is C79H132O61. The van der Waals surface area contributed by atoms with Crippen molar-refractivity contribution in [2.45, 2.75) is 401 Å². The average molecular weight is 2060 g/mol. The van der Waals surface area contributed by atoms with E-state index in [2.05, 4.69) is 0 Å². The van der Waals surface area contributed by atoms with Crippen LogP contribution in [0.15, 0.2) is 0 Å². The predicted octanol–water partition coefficient (Wildman–Crippen LogP) is -23.2. The summed E-state index contributed by atoms with van der Waals surface area (Å²) >= 11 is 0. The number of rotatable bonds is 23. The fourth-order valence-electron chi connectivity index (χ4n) is 19.3. The Morgan fingerprint density at radius 1 is 0.136 bits per heavy atom. The summed E-state index contributed by atoms with van der Waals surface area (Å²) in [5.74, 6) is 0. The first-order chi connectivity index (χ1) is 67.0. The second-order valence-electron chi connectivity index (χ2n) is 36.2. The number of aliphatic hydroxyl groups is 34. The van der Waals surface area contributed by atoms with Gasteiger partial charge in [-0.05, 0) is 12.8 Å². The van der Waals surface area contributed by atoms with Crippen molar-refractivity contribution < 1.29 is 302 Å². The zero-order valence-electron chi connectivity index (χ0n) is 74.3. The lowest BCUT2D eigenvalue weighted by atomic mass is 9.94. The molecule has 0 amide bonds. The molecule has 44 aliphatic rings. The SMILES string of the molecule is OC[C@H]1O[C@@H]2O[C@H]3[C@H](O)[C@@H](O)[C@@H](O[C@H]4[C@H](O)[C@@H](O)[C@@H](O[C@H]5[C@H](O)[C@@H](O)[C@@H](O[C@H]6[C@H](O)[C@@H](O)[C@@H](O[C@H]7[C@H](O)[C@@H](O)[C@@H](O[C@@H]1[C@H](OCCCCCCCOO[C@@H]1[C@@H](O)[C@H]8O[C@H]9[C@H](O)[C@@H](O)[C@@H](O[C@H]%10[C@H](O)[C@@H](O)[C@@H](O[C@H]%11[C@H](O)[C@@H](O)[C@@H](O[C@H]%12[C@H](O)[C@@H](O)[C@@H](O[C@H]%13[C@H](O)[C@@H](O)[C@@H](O[C@H]1[C@@H](CO)O8)O[C@@H]%13CO)O[C@@H]%12CO)O[C@@H]%11CO)O[C@@H]%10CO)O[C@@H]9CO)[C@H]2O)O[C@@H]7CO)O[C@@H]6CO)O[C@@H]5CO)O[C@@H]4CO)O[C@@H]3CO. The second-order valence-corrected chi connectivity index (χ2v) is 36.2. The van der Waals surface area contributed by atoms with Crippen molar-refractivity contribution >= 4 is 0 Å². The van der Waals surface area contributed by atoms with Crippen LogP contribution in [-0.2, 0) is 128 Å². The molecule has 44 rings (SSSR count). The third-order valence-corrected chi connectivity index (χ3v) is 27.2. The Hall–Kier alpha value is -2.44. The van der Waals surface area contributed by atoms with Crippen molar-refractivity contribution in [1.82, 2.24) is 0 Å². The summed E-state index contributed by atoms with van der Waals surface area (Å²) in [5, 5.41) is 386. The van der Waals surface area contributed by atoms with Gasteiger partial charge >= 0.3 is 0 Å². The summed E-state index contributed by atoms with van der Waals surface area (Å²) in [5.41, 5.74) is 0. The van der Waals surface area contributed by atoms with E-state index >= 15 is 0 Å². The van der Waals surface area contributed by atoms with E-state index in [1.807, 2.05) is 0 Å². The Balaban J connectivity index is 0.667. The summed E-state index contributed by atoms with van der Waals surface area (Å²) < 4.78 is 147. The van der Waals surface area contributed by atoms with E-state index in [0.29, 0.717) is 0 Å². The van der Waals surface area contributed by atoms with Crippen molar-refractivity contribution in [3.05, 3.63) is 0 Å². The highest BCUT2D eigenvalue weighted by molar-refractivity contribution is 5.06. The Morgan fingerprint density at radius 3 is 0.450 bits per heavy atom. The predicted molar refractivity (Wildman–Crippen MR) is 423 cm³/mol. The van der Waals surface area contributed by atoms with Crippen LogP contribution in [0.3, 0.4) is 0 Å². The van der Waals surface area contributed by atoms with Crippen molar-refractivity contribution in [1.29, 1.82) is 0 Å². The Labute approximate surface area is 792 Å². The average Bonchev–Trinajstić information content (AvgIpc) is 0.759. The zero-order chi connectivity index (χ0) is 101. The molecule has 44 fully saturated rings. The van der Waals surface area contributed by atoms with Crippen LogP contribution in [-0.4, -0.2) is 635 Å². The van der Waals surface area contributed by atoms with Gasteiger partial charge in [-0.3, -0.25) is 0 Å². The highest BCUT2D eigenvalue weighted by Crippen LogP contribution is 2.44. The van der Waals surface area contributed by atoms with Crippen molar-refractivity contribution in [2.75, 3.05) is 92.5 Å². The number of unbranched alkanes of at least 4 members (excludes halogenated alkanes) is 4. The zero-order valence-corrected chi connectivity index (χ0v) is 74.3. The van der Waals surface area contributed by atoms with E-state index in [9.17, 15) is 174 Å². The van der Waals surface area contributed by atoms with Crippen LogP contribution in [0.4, 0.5) is 0 Å². The third kappa shape index (κ3) is 23.6. The van der Waals surface area contributed by atoms with E-state index in [1.165, 1.54) is 0 Å². The van der Waals surface area contributed by atoms with Gasteiger partial charge in [0.05, 0.1) is 85.9 Å². The molecule has 0 radical (unpaired) electrons. The molecule has 0 aromatic carbocycles. The first-order valence-corrected chi connectivity index (χ1v) is 45.9. The molecule has 44 saturated heterocycles. The van der Waals surface area contributed by atoms with Gasteiger partial charge < -0.3 is 292 Å². The monoisotopic (exact) mass is 2060 g/mol. The van der Waals surface area contributed by atoms with E-state index in [0.717, 1.165) is 0 Å². The molecule has 0 aliphatic carbocycles. The van der Waals surface area contributed by atoms with Gasteiger partial charge in [-0.25, -0.2) is 9.78 Å². The number of hydrogen-bond donors (Lipinski definition) is 34. The van der Waals surface area contributed by atoms with Gasteiger partial charge in [-0.2, -0.15) is 0 Å². The molecule has 0 aromatic rings. The lowest BCUT2D eigenvalue weighted by Gasteiger charge is -2.51. The first-order valence-electron chi connectivity index (χ1n) is 45.9. The van der Waals surface area contributed by atoms with Gasteiger partial charge in [0.25, 0.3) is 0 Å². The maximum absolute atomic E-state index is 12.4. The second kappa shape index (κ2) is 50.2. The smallest absolute Gasteiger partial charge is 0.187 e. The molecule has 0 unspecified atom stereocenters. The van der Waals surface area contributed by atoms with Crippen LogP contribution in [0.1, 0.15) is 32.1 Å². The fraction of sp³-hybridized carbons (Fsp3) is 1.00. The van der Waals surface area contributed by atoms with Crippen LogP contribution in [0.2, 0.25) is 0 Å². The number of aliphatic hydroxyl groups excluding tert-OH is 34. The first kappa shape index (κ1) is 113. The van der Waals surface area contributed by atoms with Gasteiger partial charge in [0.1, 0.15) is 287 Å². The minimum absolute atomic E-state index is 0.0618. The lowest BCUT2D eigenvalue weighted by Crippen LogP contribution is -2.69. The number of ether oxygens (including phenoxy) is 25. The normalized spacial score (nSPS) is 53.0. The van der Waals surface area contributed by atoms with Crippen molar-refractivity contribution in [3.63, 3.8) is 0 Å². The molecule has 140 heavy (non-hydrogen) atoms. The summed E-state index contributed by atoms with van der Waals surface area (Å²) in [6, 6.07) is 0. The number of hydrogen-bond acceptors (Lipinski definition) is 61. The third-order valence-electron chi connectivity index (χ3n) is 27.2. The quantitative estimate of drug-likeness (QED) is 0.0257. The fourth-order valence-corrected chi connectivity index (χ4v) is 19.3. The highest BCUT2D eigenvalue weighted by atomic mass is 17.2. The van der Waals surface area contributed by atoms with Gasteiger partial charge in [0, 0.05) is 6.61 Å². The van der Waals surface area contributed by atoms with E-state index in [4.69, 9.17) is 128 Å². The largest absolute Gasteiger partial charge is 0.394 e. The van der Waals surface area contributed by atoms with Gasteiger partial charge in [-0.1, -0.05) is 19.3 Å². The van der Waals surface area contributed by atoms with E-state index in [1.54, 1.807) is 0 Å². The topological polar surface area (TPSA) is 937 Å². The minimum atomic E-state index is -2.33. The van der Waals surface area contributed by atoms with Gasteiger partial charge in [-0.15, -0.1) is 0 Å². The molecular weight excluding hydrogens is 1920 g/mol. The summed E-state index contributed by atoms with van der Waals surface area (Å²) in [6.07, 6.45) is -123. The van der Waals surface area contributed by atoms with Crippen LogP contribution in [0.5, 0.6) is 0 Å². The van der Waals surface area contributed by atoms with Crippen LogP contribution < -0.4 is 0 Å². The molecule has 24 bridgehead atoms. The molecule has 814 valence electrons. The Morgan fingerprint density at radius 2 is 0.271 bits per heavy atom. The summed E-state index contributed by atoms with van der Waals surface area (Å²) in [4.78, 5) is 11.5. The maximum atomic E-state index is 12.4. The molecule has 61 nitrogen and oxygen atoms in total.